The molecule has 0 saturated heterocycles. The predicted molar refractivity (Wildman–Crippen MR) is 82.4 cm³/mol. The molecule has 1 atom stereocenters. The van der Waals surface area contributed by atoms with E-state index in [0.29, 0.717) is 12.2 Å². The third-order valence-corrected chi connectivity index (χ3v) is 3.10. The summed E-state index contributed by atoms with van der Waals surface area (Å²) in [7, 11) is 0. The Balaban J connectivity index is 1.76. The van der Waals surface area contributed by atoms with Gasteiger partial charge in [0.05, 0.1) is 12.2 Å². The van der Waals surface area contributed by atoms with Crippen LogP contribution >= 0.6 is 0 Å². The van der Waals surface area contributed by atoms with E-state index in [2.05, 4.69) is 0 Å². The van der Waals surface area contributed by atoms with Gasteiger partial charge in [-0.25, -0.2) is 4.79 Å². The van der Waals surface area contributed by atoms with Crippen molar-refractivity contribution < 1.29 is 19.1 Å². The number of hydrogen-bond acceptors (Lipinski definition) is 4. The number of ketones is 1. The minimum Gasteiger partial charge on any atom is -0.451 e. The minimum absolute atomic E-state index is 0.0852. The summed E-state index contributed by atoms with van der Waals surface area (Å²) in [6.07, 6.45) is -0.830. The second-order valence-corrected chi connectivity index (χ2v) is 4.86. The van der Waals surface area contributed by atoms with Crippen LogP contribution in [0.25, 0.3) is 0 Å². The van der Waals surface area contributed by atoms with Crippen LogP contribution in [0.4, 0.5) is 0 Å². The fourth-order valence-electron chi connectivity index (χ4n) is 1.83. The summed E-state index contributed by atoms with van der Waals surface area (Å²) in [5.74, 6) is -0.773. The summed E-state index contributed by atoms with van der Waals surface area (Å²) in [6, 6.07) is 18.2. The van der Waals surface area contributed by atoms with E-state index in [4.69, 9.17) is 9.47 Å². The minimum atomic E-state index is -0.830. The van der Waals surface area contributed by atoms with Gasteiger partial charge in [0.1, 0.15) is 6.61 Å². The van der Waals surface area contributed by atoms with Crippen LogP contribution < -0.4 is 0 Å². The number of ether oxygens (including phenoxy) is 2. The predicted octanol–water partition coefficient (Wildman–Crippen LogP) is 3.02. The van der Waals surface area contributed by atoms with Crippen molar-refractivity contribution in [1.29, 1.82) is 0 Å². The number of carbonyl (C=O) groups excluding carboxylic acids is 2. The van der Waals surface area contributed by atoms with Crippen LogP contribution in [0.5, 0.6) is 0 Å². The van der Waals surface area contributed by atoms with Gasteiger partial charge in [-0.1, -0.05) is 48.5 Å². The molecule has 0 aliphatic heterocycles. The Labute approximate surface area is 129 Å². The monoisotopic (exact) mass is 298 g/mol. The molecule has 114 valence electrons. The highest BCUT2D eigenvalue weighted by Gasteiger charge is 2.18. The molecule has 2 rings (SSSR count). The molecule has 0 aromatic heterocycles. The van der Waals surface area contributed by atoms with Crippen LogP contribution in [0.3, 0.4) is 0 Å². The van der Waals surface area contributed by atoms with Crippen LogP contribution in [0.1, 0.15) is 22.8 Å². The van der Waals surface area contributed by atoms with Crippen LogP contribution in [0.2, 0.25) is 0 Å². The summed E-state index contributed by atoms with van der Waals surface area (Å²) in [5, 5.41) is 0. The van der Waals surface area contributed by atoms with E-state index >= 15 is 0 Å². The molecule has 22 heavy (non-hydrogen) atoms. The van der Waals surface area contributed by atoms with Crippen molar-refractivity contribution in [3.63, 3.8) is 0 Å². The van der Waals surface area contributed by atoms with Crippen molar-refractivity contribution >= 4 is 11.8 Å². The number of carbonyl (C=O) groups is 2. The van der Waals surface area contributed by atoms with Crippen molar-refractivity contribution in [3.8, 4) is 0 Å². The molecule has 4 heteroatoms. The second kappa shape index (κ2) is 8.10. The maximum Gasteiger partial charge on any atom is 0.338 e. The number of rotatable bonds is 7. The molecule has 4 nitrogen and oxygen atoms in total. The highest BCUT2D eigenvalue weighted by molar-refractivity contribution is 5.92. The van der Waals surface area contributed by atoms with E-state index in [1.807, 2.05) is 36.4 Å². The largest absolute Gasteiger partial charge is 0.451 e. The Hall–Kier alpha value is -2.46. The standard InChI is InChI=1S/C18H18O4/c1-14(22-18(20)16-10-6-3-7-11-16)17(19)13-21-12-15-8-4-2-5-9-15/h2-11,14H,12-13H2,1H3/t14-/m0/s1. The highest BCUT2D eigenvalue weighted by atomic mass is 16.5. The molecule has 2 aromatic rings. The number of hydrogen-bond donors (Lipinski definition) is 0. The number of esters is 1. The smallest absolute Gasteiger partial charge is 0.338 e. The third kappa shape index (κ3) is 4.82. The fraction of sp³-hybridized carbons (Fsp3) is 0.222. The quantitative estimate of drug-likeness (QED) is 0.737. The molecular formula is C18H18O4. The van der Waals surface area contributed by atoms with Crippen molar-refractivity contribution in [2.24, 2.45) is 0 Å². The van der Waals surface area contributed by atoms with E-state index in [1.54, 1.807) is 31.2 Å². The van der Waals surface area contributed by atoms with Crippen LogP contribution in [-0.4, -0.2) is 24.5 Å². The fourth-order valence-corrected chi connectivity index (χ4v) is 1.83. The first kappa shape index (κ1) is 15.9. The number of benzene rings is 2. The van der Waals surface area contributed by atoms with Gasteiger partial charge in [-0.2, -0.15) is 0 Å². The molecule has 2 aromatic carbocycles. The molecule has 0 heterocycles. The van der Waals surface area contributed by atoms with E-state index in [9.17, 15) is 9.59 Å². The lowest BCUT2D eigenvalue weighted by Gasteiger charge is -2.12. The summed E-state index contributed by atoms with van der Waals surface area (Å²) < 4.78 is 10.5. The topological polar surface area (TPSA) is 52.6 Å². The molecule has 0 fully saturated rings. The molecule has 0 bridgehead atoms. The third-order valence-electron chi connectivity index (χ3n) is 3.10. The van der Waals surface area contributed by atoms with Gasteiger partial charge < -0.3 is 9.47 Å². The van der Waals surface area contributed by atoms with Crippen molar-refractivity contribution in [3.05, 3.63) is 71.8 Å². The van der Waals surface area contributed by atoms with Crippen LogP contribution in [-0.2, 0) is 20.9 Å². The average Bonchev–Trinajstić information content (AvgIpc) is 2.56. The van der Waals surface area contributed by atoms with Gasteiger partial charge in [-0.15, -0.1) is 0 Å². The summed E-state index contributed by atoms with van der Waals surface area (Å²) in [5.41, 5.74) is 1.41. The summed E-state index contributed by atoms with van der Waals surface area (Å²) >= 11 is 0. The van der Waals surface area contributed by atoms with E-state index in [1.165, 1.54) is 0 Å². The zero-order chi connectivity index (χ0) is 15.8. The van der Waals surface area contributed by atoms with Crippen molar-refractivity contribution in [2.45, 2.75) is 19.6 Å². The van der Waals surface area contributed by atoms with Gasteiger partial charge in [0.2, 0.25) is 0 Å². The molecule has 0 spiro atoms. The van der Waals surface area contributed by atoms with E-state index in [-0.39, 0.29) is 12.4 Å². The Morgan fingerprint density at radius 2 is 1.55 bits per heavy atom. The van der Waals surface area contributed by atoms with Crippen molar-refractivity contribution in [1.82, 2.24) is 0 Å². The molecule has 0 saturated carbocycles. The molecule has 0 aliphatic rings. The first-order valence-corrected chi connectivity index (χ1v) is 7.07. The first-order chi connectivity index (χ1) is 10.7. The normalized spacial score (nSPS) is 11.7. The molecular weight excluding hydrogens is 280 g/mol. The van der Waals surface area contributed by atoms with Crippen molar-refractivity contribution in [2.75, 3.05) is 6.61 Å². The second-order valence-electron chi connectivity index (χ2n) is 4.86. The van der Waals surface area contributed by atoms with Gasteiger partial charge in [-0.05, 0) is 24.6 Å². The molecule has 0 aliphatic carbocycles. The lowest BCUT2D eigenvalue weighted by molar-refractivity contribution is -0.132. The zero-order valence-corrected chi connectivity index (χ0v) is 12.4. The number of Topliss-reactive ketones (excluding diaryl/α,β-unsaturated/α-hetero) is 1. The molecule has 0 radical (unpaired) electrons. The zero-order valence-electron chi connectivity index (χ0n) is 12.4. The highest BCUT2D eigenvalue weighted by Crippen LogP contribution is 2.06. The Morgan fingerprint density at radius 3 is 2.18 bits per heavy atom. The lowest BCUT2D eigenvalue weighted by atomic mass is 10.2. The van der Waals surface area contributed by atoms with Gasteiger partial charge in [-0.3, -0.25) is 4.79 Å². The maximum absolute atomic E-state index is 11.9. The van der Waals surface area contributed by atoms with Gasteiger partial charge in [0.25, 0.3) is 0 Å². The first-order valence-electron chi connectivity index (χ1n) is 7.07. The Morgan fingerprint density at radius 1 is 0.955 bits per heavy atom. The molecule has 0 unspecified atom stereocenters. The van der Waals surface area contributed by atoms with E-state index in [0.717, 1.165) is 5.56 Å². The SMILES string of the molecule is C[C@H](OC(=O)c1ccccc1)C(=O)COCc1ccccc1. The van der Waals surface area contributed by atoms with Gasteiger partial charge >= 0.3 is 5.97 Å². The maximum atomic E-state index is 11.9. The van der Waals surface area contributed by atoms with Crippen LogP contribution in [0.15, 0.2) is 60.7 Å². The lowest BCUT2D eigenvalue weighted by Crippen LogP contribution is -2.27. The van der Waals surface area contributed by atoms with Gasteiger partial charge in [0.15, 0.2) is 11.9 Å². The van der Waals surface area contributed by atoms with Crippen LogP contribution in [0, 0.1) is 0 Å². The average molecular weight is 298 g/mol. The molecule has 0 N–H and O–H groups in total. The van der Waals surface area contributed by atoms with Gasteiger partial charge in [0, 0.05) is 0 Å². The Bertz CT molecular complexity index is 607. The molecule has 0 amide bonds. The Kier molecular flexibility index (Phi) is 5.86. The van der Waals surface area contributed by atoms with E-state index < -0.39 is 12.1 Å². The summed E-state index contributed by atoms with van der Waals surface area (Å²) in [6.45, 7) is 1.82. The summed E-state index contributed by atoms with van der Waals surface area (Å²) in [4.78, 5) is 23.7.